The molecule has 0 aliphatic rings. The van der Waals surface area contributed by atoms with Gasteiger partial charge < -0.3 is 14.2 Å². The van der Waals surface area contributed by atoms with Gasteiger partial charge >= 0.3 is 17.9 Å². The van der Waals surface area contributed by atoms with Crippen molar-refractivity contribution in [3.8, 4) is 0 Å². The summed E-state index contributed by atoms with van der Waals surface area (Å²) >= 11 is 0. The molecule has 0 fully saturated rings. The quantitative estimate of drug-likeness (QED) is 0.0201. The first kappa shape index (κ1) is 56.8. The van der Waals surface area contributed by atoms with E-state index in [1.54, 1.807) is 0 Å². The minimum atomic E-state index is -0.829. The summed E-state index contributed by atoms with van der Waals surface area (Å²) in [6.45, 7) is 6.23. The number of ether oxygens (including phenoxy) is 3. The summed E-state index contributed by atoms with van der Waals surface area (Å²) in [7, 11) is 0. The molecule has 61 heavy (non-hydrogen) atoms. The summed E-state index contributed by atoms with van der Waals surface area (Å²) in [5.74, 6) is -1.05. The summed E-state index contributed by atoms with van der Waals surface area (Å²) in [4.78, 5) is 37.8. The van der Waals surface area contributed by atoms with Crippen LogP contribution in [0.3, 0.4) is 0 Å². The predicted molar refractivity (Wildman–Crippen MR) is 260 cm³/mol. The third-order valence-electron chi connectivity index (χ3n) is 9.59. The molecule has 0 aromatic carbocycles. The van der Waals surface area contributed by atoms with E-state index in [-0.39, 0.29) is 44.0 Å². The molecule has 342 valence electrons. The summed E-state index contributed by atoms with van der Waals surface area (Å²) < 4.78 is 16.6. The van der Waals surface area contributed by atoms with Gasteiger partial charge in [0.1, 0.15) is 13.2 Å². The van der Waals surface area contributed by atoms with Crippen LogP contribution in [0.25, 0.3) is 0 Å². The van der Waals surface area contributed by atoms with Crippen molar-refractivity contribution in [1.29, 1.82) is 0 Å². The Morgan fingerprint density at radius 2 is 0.721 bits per heavy atom. The van der Waals surface area contributed by atoms with E-state index in [4.69, 9.17) is 14.2 Å². The van der Waals surface area contributed by atoms with Crippen LogP contribution in [0, 0.1) is 0 Å². The lowest BCUT2D eigenvalue weighted by Gasteiger charge is -2.18. The van der Waals surface area contributed by atoms with Gasteiger partial charge in [0.2, 0.25) is 0 Å². The zero-order valence-electron chi connectivity index (χ0n) is 38.9. The van der Waals surface area contributed by atoms with Crippen LogP contribution in [-0.4, -0.2) is 37.2 Å². The maximum absolute atomic E-state index is 12.7. The average Bonchev–Trinajstić information content (AvgIpc) is 3.26. The number of hydrogen-bond donors (Lipinski definition) is 0. The number of allylic oxidation sites excluding steroid dienone is 20. The Labute approximate surface area is 373 Å². The highest BCUT2D eigenvalue weighted by atomic mass is 16.6. The summed E-state index contributed by atoms with van der Waals surface area (Å²) in [5, 5.41) is 0. The Morgan fingerprint density at radius 1 is 0.361 bits per heavy atom. The monoisotopic (exact) mass is 843 g/mol. The summed E-state index contributed by atoms with van der Waals surface area (Å²) in [6, 6.07) is 0. The first-order valence-corrected chi connectivity index (χ1v) is 24.1. The van der Waals surface area contributed by atoms with Gasteiger partial charge in [0.05, 0.1) is 0 Å². The molecule has 0 radical (unpaired) electrons. The maximum atomic E-state index is 12.7. The highest BCUT2D eigenvalue weighted by Crippen LogP contribution is 2.12. The Balaban J connectivity index is 4.57. The van der Waals surface area contributed by atoms with Crippen LogP contribution in [0.15, 0.2) is 122 Å². The number of carbonyl (C=O) groups excluding carboxylic acids is 3. The first-order chi connectivity index (χ1) is 30.0. The molecule has 0 bridgehead atoms. The largest absolute Gasteiger partial charge is 0.462 e. The molecule has 1 atom stereocenters. The smallest absolute Gasteiger partial charge is 0.306 e. The molecule has 0 aliphatic heterocycles. The minimum Gasteiger partial charge on any atom is -0.462 e. The second-order valence-electron chi connectivity index (χ2n) is 15.4. The molecule has 0 saturated carbocycles. The predicted octanol–water partition coefficient (Wildman–Crippen LogP) is 15.7. The molecule has 0 spiro atoms. The molecule has 0 rings (SSSR count). The average molecular weight is 843 g/mol. The fraction of sp³-hybridized carbons (Fsp3) is 0.582. The van der Waals surface area contributed by atoms with Crippen molar-refractivity contribution >= 4 is 17.9 Å². The highest BCUT2D eigenvalue weighted by molar-refractivity contribution is 5.71. The van der Waals surface area contributed by atoms with Crippen LogP contribution in [0.4, 0.5) is 0 Å². The second kappa shape index (κ2) is 48.5. The Hall–Kier alpha value is -4.19. The van der Waals surface area contributed by atoms with Gasteiger partial charge in [0.15, 0.2) is 6.10 Å². The molecule has 0 aliphatic carbocycles. The Morgan fingerprint density at radius 3 is 1.23 bits per heavy atom. The van der Waals surface area contributed by atoms with Gasteiger partial charge in [-0.1, -0.05) is 200 Å². The third-order valence-corrected chi connectivity index (χ3v) is 9.59. The summed E-state index contributed by atoms with van der Waals surface area (Å²) in [6.07, 6.45) is 66.2. The lowest BCUT2D eigenvalue weighted by Crippen LogP contribution is -2.30. The molecule has 0 aromatic rings. The van der Waals surface area contributed by atoms with Crippen molar-refractivity contribution < 1.29 is 28.6 Å². The number of unbranched alkanes of at least 4 members (excludes halogenated alkanes) is 15. The first-order valence-electron chi connectivity index (χ1n) is 24.1. The van der Waals surface area contributed by atoms with Gasteiger partial charge in [0, 0.05) is 19.3 Å². The van der Waals surface area contributed by atoms with Crippen molar-refractivity contribution in [3.05, 3.63) is 122 Å². The minimum absolute atomic E-state index is 0.125. The van der Waals surface area contributed by atoms with E-state index in [1.165, 1.54) is 44.9 Å². The van der Waals surface area contributed by atoms with E-state index in [1.807, 2.05) is 42.5 Å². The van der Waals surface area contributed by atoms with Gasteiger partial charge in [-0.2, -0.15) is 0 Å². The molecule has 0 heterocycles. The molecule has 0 saturated heterocycles. The van der Waals surface area contributed by atoms with Crippen LogP contribution in [0.5, 0.6) is 0 Å². The number of esters is 3. The highest BCUT2D eigenvalue weighted by Gasteiger charge is 2.19. The molecule has 1 unspecified atom stereocenters. The topological polar surface area (TPSA) is 78.9 Å². The van der Waals surface area contributed by atoms with Crippen LogP contribution < -0.4 is 0 Å². The fourth-order valence-corrected chi connectivity index (χ4v) is 6.00. The van der Waals surface area contributed by atoms with Gasteiger partial charge in [-0.15, -0.1) is 0 Å². The number of carbonyl (C=O) groups is 3. The van der Waals surface area contributed by atoms with Crippen molar-refractivity contribution in [2.75, 3.05) is 13.2 Å². The zero-order valence-corrected chi connectivity index (χ0v) is 38.9. The number of rotatable bonds is 41. The van der Waals surface area contributed by atoms with E-state index in [0.717, 1.165) is 89.9 Å². The van der Waals surface area contributed by atoms with Crippen molar-refractivity contribution in [2.45, 2.75) is 194 Å². The lowest BCUT2D eigenvalue weighted by atomic mass is 10.1. The van der Waals surface area contributed by atoms with Crippen LogP contribution in [0.2, 0.25) is 0 Å². The van der Waals surface area contributed by atoms with Crippen LogP contribution >= 0.6 is 0 Å². The lowest BCUT2D eigenvalue weighted by molar-refractivity contribution is -0.167. The van der Waals surface area contributed by atoms with E-state index in [0.29, 0.717) is 19.3 Å². The zero-order chi connectivity index (χ0) is 44.4. The van der Waals surface area contributed by atoms with E-state index in [9.17, 15) is 14.4 Å². The van der Waals surface area contributed by atoms with E-state index < -0.39 is 6.10 Å². The molecule has 6 nitrogen and oxygen atoms in total. The fourth-order valence-electron chi connectivity index (χ4n) is 6.00. The molecule has 6 heteroatoms. The Bertz CT molecular complexity index is 1340. The second-order valence-corrected chi connectivity index (χ2v) is 15.4. The van der Waals surface area contributed by atoms with Crippen LogP contribution in [-0.2, 0) is 28.6 Å². The summed E-state index contributed by atoms with van der Waals surface area (Å²) in [5.41, 5.74) is 0. The van der Waals surface area contributed by atoms with Crippen LogP contribution in [0.1, 0.15) is 188 Å². The van der Waals surface area contributed by atoms with Gasteiger partial charge in [-0.3, -0.25) is 14.4 Å². The molecular formula is C55H86O6. The van der Waals surface area contributed by atoms with Gasteiger partial charge in [-0.05, 0) is 89.9 Å². The molecule has 0 aromatic heterocycles. The SMILES string of the molecule is CC\C=C/C=C\C=C/C=C\CCCCCC(=O)OC(COC(=O)CCC/C=C\C/C=C\C/C=C\CCCCCCCC)COC(=O)CCCCCCC\C=C/C=C\C=C/CC. The van der Waals surface area contributed by atoms with Gasteiger partial charge in [0.25, 0.3) is 0 Å². The third kappa shape index (κ3) is 46.7. The van der Waals surface area contributed by atoms with Gasteiger partial charge in [-0.25, -0.2) is 0 Å². The Kier molecular flexibility index (Phi) is 45.1. The standard InChI is InChI=1S/C55H86O6/c1-4-7-10-13-16-19-22-25-26-27-28-31-33-36-39-42-45-48-54(57)60-51-52(61-55(58)49-46-43-40-37-34-30-24-21-18-15-12-9-6-3)50-59-53(56)47-44-41-38-35-32-29-23-20-17-14-11-8-5-2/h8-9,11-12,14-15,17-18,20-21,23-26,28,30-31,34,36,39,52H,4-7,10,13,16,19,22,27,29,32-33,35,37-38,40-51H2,1-3H3/b11-8-,12-9-,17-14-,18-15-,23-20-,24-21-,26-25-,31-28-,34-30-,39-36-. The molecule has 0 amide bonds. The van der Waals surface area contributed by atoms with Crippen molar-refractivity contribution in [3.63, 3.8) is 0 Å². The maximum Gasteiger partial charge on any atom is 0.306 e. The number of hydrogen-bond acceptors (Lipinski definition) is 6. The van der Waals surface area contributed by atoms with E-state index >= 15 is 0 Å². The molecule has 0 N–H and O–H groups in total. The van der Waals surface area contributed by atoms with Crippen molar-refractivity contribution in [2.24, 2.45) is 0 Å². The van der Waals surface area contributed by atoms with Crippen molar-refractivity contribution in [1.82, 2.24) is 0 Å². The normalized spacial score (nSPS) is 13.2. The van der Waals surface area contributed by atoms with E-state index in [2.05, 4.69) is 99.8 Å². The molecular weight excluding hydrogens is 757 g/mol.